The lowest BCUT2D eigenvalue weighted by molar-refractivity contribution is -0.144. The Bertz CT molecular complexity index is 147. The van der Waals surface area contributed by atoms with Crippen molar-refractivity contribution >= 4 is 6.29 Å². The Balaban J connectivity index is 4.41. The van der Waals surface area contributed by atoms with E-state index in [2.05, 4.69) is 0 Å². The molecule has 78 valence electrons. The van der Waals surface area contributed by atoms with Crippen LogP contribution in [0.5, 0.6) is 0 Å². The van der Waals surface area contributed by atoms with Crippen molar-refractivity contribution in [2.75, 3.05) is 14.2 Å². The van der Waals surface area contributed by atoms with Crippen LogP contribution in [-0.4, -0.2) is 55.1 Å². The monoisotopic (exact) mass is 192 g/mol. The van der Waals surface area contributed by atoms with Crippen LogP contribution in [0.1, 0.15) is 6.92 Å². The van der Waals surface area contributed by atoms with Crippen LogP contribution >= 0.6 is 0 Å². The first kappa shape index (κ1) is 12.5. The quantitative estimate of drug-likeness (QED) is 0.525. The van der Waals surface area contributed by atoms with Crippen LogP contribution in [-0.2, 0) is 14.3 Å². The van der Waals surface area contributed by atoms with Gasteiger partial charge in [-0.1, -0.05) is 0 Å². The maximum Gasteiger partial charge on any atom is 0.151 e. The van der Waals surface area contributed by atoms with Crippen molar-refractivity contribution in [3.8, 4) is 0 Å². The van der Waals surface area contributed by atoms with Crippen molar-refractivity contribution in [1.29, 1.82) is 0 Å². The summed E-state index contributed by atoms with van der Waals surface area (Å²) in [7, 11) is 2.71. The summed E-state index contributed by atoms with van der Waals surface area (Å²) in [4.78, 5) is 10.3. The highest BCUT2D eigenvalue weighted by atomic mass is 16.5. The van der Waals surface area contributed by atoms with Gasteiger partial charge in [0.1, 0.15) is 18.3 Å². The lowest BCUT2D eigenvalue weighted by Gasteiger charge is -2.28. The summed E-state index contributed by atoms with van der Waals surface area (Å²) < 4.78 is 9.74. The molecule has 0 aliphatic carbocycles. The molecule has 0 aromatic rings. The number of hydrogen-bond donors (Lipinski definition) is 2. The van der Waals surface area contributed by atoms with Crippen molar-refractivity contribution < 1.29 is 24.5 Å². The standard InChI is InChI=1S/C8H16O5/c1-5(10)7(12-2)8(13-3)6(11)4-9/h4-8,10-11H,1-3H3. The van der Waals surface area contributed by atoms with Gasteiger partial charge >= 0.3 is 0 Å². The highest BCUT2D eigenvalue weighted by molar-refractivity contribution is 5.56. The predicted molar refractivity (Wildman–Crippen MR) is 45.3 cm³/mol. The molecular formula is C8H16O5. The Kier molecular flexibility index (Phi) is 5.81. The van der Waals surface area contributed by atoms with Gasteiger partial charge in [-0.25, -0.2) is 0 Å². The lowest BCUT2D eigenvalue weighted by atomic mass is 10.0. The minimum atomic E-state index is -1.29. The third-order valence-corrected chi connectivity index (χ3v) is 1.82. The van der Waals surface area contributed by atoms with Gasteiger partial charge in [0.15, 0.2) is 6.29 Å². The minimum Gasteiger partial charge on any atom is -0.391 e. The Morgan fingerprint density at radius 1 is 1.15 bits per heavy atom. The van der Waals surface area contributed by atoms with E-state index in [0.29, 0.717) is 6.29 Å². The Hall–Kier alpha value is -0.490. The third-order valence-electron chi connectivity index (χ3n) is 1.82. The number of aliphatic hydroxyl groups is 2. The molecule has 0 aliphatic rings. The molecule has 4 atom stereocenters. The second-order valence-electron chi connectivity index (χ2n) is 2.77. The number of rotatable bonds is 6. The first-order chi connectivity index (χ1) is 6.08. The van der Waals surface area contributed by atoms with Gasteiger partial charge in [0.25, 0.3) is 0 Å². The molecule has 0 heterocycles. The maximum atomic E-state index is 10.3. The van der Waals surface area contributed by atoms with E-state index in [0.717, 1.165) is 0 Å². The first-order valence-electron chi connectivity index (χ1n) is 3.95. The van der Waals surface area contributed by atoms with E-state index in [9.17, 15) is 15.0 Å². The van der Waals surface area contributed by atoms with Crippen LogP contribution in [0, 0.1) is 0 Å². The molecule has 4 unspecified atom stereocenters. The molecule has 2 N–H and O–H groups in total. The van der Waals surface area contributed by atoms with Crippen molar-refractivity contribution in [2.45, 2.75) is 31.3 Å². The topological polar surface area (TPSA) is 76.0 Å². The van der Waals surface area contributed by atoms with Gasteiger partial charge in [-0.05, 0) is 6.92 Å². The summed E-state index contributed by atoms with van der Waals surface area (Å²) in [5.74, 6) is 0. The minimum absolute atomic E-state index is 0.350. The highest BCUT2D eigenvalue weighted by Crippen LogP contribution is 2.10. The fraction of sp³-hybridized carbons (Fsp3) is 0.875. The van der Waals surface area contributed by atoms with Crippen molar-refractivity contribution in [1.82, 2.24) is 0 Å². The summed E-state index contributed by atoms with van der Waals surface area (Å²) in [6.07, 6.45) is -3.32. The largest absolute Gasteiger partial charge is 0.391 e. The molecule has 0 amide bonds. The summed E-state index contributed by atoms with van der Waals surface area (Å²) in [6.45, 7) is 1.50. The second-order valence-corrected chi connectivity index (χ2v) is 2.77. The van der Waals surface area contributed by atoms with E-state index >= 15 is 0 Å². The second kappa shape index (κ2) is 6.04. The molecule has 0 radical (unpaired) electrons. The van der Waals surface area contributed by atoms with E-state index < -0.39 is 24.4 Å². The summed E-state index contributed by atoms with van der Waals surface area (Å²) in [6, 6.07) is 0. The van der Waals surface area contributed by atoms with Crippen LogP contribution in [0.2, 0.25) is 0 Å². The first-order valence-corrected chi connectivity index (χ1v) is 3.95. The number of aldehydes is 1. The van der Waals surface area contributed by atoms with Gasteiger partial charge in [0.2, 0.25) is 0 Å². The highest BCUT2D eigenvalue weighted by Gasteiger charge is 2.31. The molecule has 0 aromatic heterocycles. The van der Waals surface area contributed by atoms with Crippen LogP contribution in [0.3, 0.4) is 0 Å². The molecule has 0 saturated heterocycles. The van der Waals surface area contributed by atoms with E-state index in [1.807, 2.05) is 0 Å². The van der Waals surface area contributed by atoms with Crippen LogP contribution < -0.4 is 0 Å². The fourth-order valence-corrected chi connectivity index (χ4v) is 1.15. The van der Waals surface area contributed by atoms with Crippen molar-refractivity contribution in [3.63, 3.8) is 0 Å². The number of aliphatic hydroxyl groups excluding tert-OH is 2. The van der Waals surface area contributed by atoms with E-state index in [1.165, 1.54) is 21.1 Å². The summed E-state index contributed by atoms with van der Waals surface area (Å²) in [5.41, 5.74) is 0. The van der Waals surface area contributed by atoms with E-state index in [1.54, 1.807) is 0 Å². The van der Waals surface area contributed by atoms with Gasteiger partial charge in [-0.15, -0.1) is 0 Å². The summed E-state index contributed by atoms with van der Waals surface area (Å²) in [5, 5.41) is 18.4. The third kappa shape index (κ3) is 3.40. The van der Waals surface area contributed by atoms with Crippen LogP contribution in [0.25, 0.3) is 0 Å². The average Bonchev–Trinajstić information content (AvgIpc) is 2.12. The SMILES string of the molecule is COC(C(C)O)C(OC)C(O)C=O. The lowest BCUT2D eigenvalue weighted by Crippen LogP contribution is -2.46. The molecule has 0 fully saturated rings. The molecule has 0 bridgehead atoms. The number of hydrogen-bond acceptors (Lipinski definition) is 5. The summed E-state index contributed by atoms with van der Waals surface area (Å²) >= 11 is 0. The van der Waals surface area contributed by atoms with Gasteiger partial charge in [-0.3, -0.25) is 0 Å². The Morgan fingerprint density at radius 2 is 1.62 bits per heavy atom. The molecule has 5 heteroatoms. The molecule has 0 aliphatic heterocycles. The molecular weight excluding hydrogens is 176 g/mol. The molecule has 0 aromatic carbocycles. The molecule has 5 nitrogen and oxygen atoms in total. The predicted octanol–water partition coefficient (Wildman–Crippen LogP) is -1.04. The molecule has 0 saturated carbocycles. The smallest absolute Gasteiger partial charge is 0.151 e. The number of carbonyl (C=O) groups excluding carboxylic acids is 1. The molecule has 13 heavy (non-hydrogen) atoms. The average molecular weight is 192 g/mol. The molecule has 0 spiro atoms. The number of methoxy groups -OCH3 is 2. The van der Waals surface area contributed by atoms with Gasteiger partial charge in [-0.2, -0.15) is 0 Å². The van der Waals surface area contributed by atoms with Gasteiger partial charge in [0.05, 0.1) is 6.10 Å². The maximum absolute atomic E-state index is 10.3. The zero-order valence-electron chi connectivity index (χ0n) is 8.01. The zero-order valence-corrected chi connectivity index (χ0v) is 8.01. The number of ether oxygens (including phenoxy) is 2. The van der Waals surface area contributed by atoms with Gasteiger partial charge < -0.3 is 24.5 Å². The van der Waals surface area contributed by atoms with Crippen molar-refractivity contribution in [2.24, 2.45) is 0 Å². The normalized spacial score (nSPS) is 20.4. The Morgan fingerprint density at radius 3 is 1.85 bits per heavy atom. The van der Waals surface area contributed by atoms with E-state index in [-0.39, 0.29) is 0 Å². The van der Waals surface area contributed by atoms with Crippen molar-refractivity contribution in [3.05, 3.63) is 0 Å². The van der Waals surface area contributed by atoms with Gasteiger partial charge in [0, 0.05) is 14.2 Å². The Labute approximate surface area is 77.3 Å². The van der Waals surface area contributed by atoms with Crippen LogP contribution in [0.15, 0.2) is 0 Å². The zero-order chi connectivity index (χ0) is 10.4. The fourth-order valence-electron chi connectivity index (χ4n) is 1.15. The molecule has 0 rings (SSSR count). The number of carbonyl (C=O) groups is 1. The van der Waals surface area contributed by atoms with Crippen LogP contribution in [0.4, 0.5) is 0 Å². The van der Waals surface area contributed by atoms with E-state index in [4.69, 9.17) is 9.47 Å².